The van der Waals surface area contributed by atoms with Crippen LogP contribution in [-0.4, -0.2) is 9.97 Å². The molecular formula is C35H22N3OP. The summed E-state index contributed by atoms with van der Waals surface area (Å²) in [6.07, 6.45) is 1.79. The number of hydrogen-bond acceptors (Lipinski definition) is 3. The van der Waals surface area contributed by atoms with Crippen molar-refractivity contribution in [1.29, 1.82) is 0 Å². The monoisotopic (exact) mass is 531 g/mol. The number of nitrogens with zero attached hydrogens (tertiary/aromatic N) is 3. The van der Waals surface area contributed by atoms with Gasteiger partial charge in [0.2, 0.25) is 0 Å². The molecule has 0 aliphatic heterocycles. The molecule has 7 aromatic rings. The van der Waals surface area contributed by atoms with Crippen molar-refractivity contribution in [3.8, 4) is 11.1 Å². The van der Waals surface area contributed by atoms with Crippen molar-refractivity contribution in [2.45, 2.75) is 0 Å². The van der Waals surface area contributed by atoms with Gasteiger partial charge in [0.15, 0.2) is 12.8 Å². The molecule has 0 radical (unpaired) electrons. The second-order valence-electron chi connectivity index (χ2n) is 9.70. The lowest BCUT2D eigenvalue weighted by Crippen LogP contribution is -2.24. The van der Waals surface area contributed by atoms with Crippen molar-refractivity contribution < 1.29 is 4.57 Å². The fourth-order valence-corrected chi connectivity index (χ4v) is 8.05. The summed E-state index contributed by atoms with van der Waals surface area (Å²) in [6, 6.07) is 41.3. The van der Waals surface area contributed by atoms with E-state index in [1.807, 2.05) is 103 Å². The maximum Gasteiger partial charge on any atom is 0.187 e. The van der Waals surface area contributed by atoms with Gasteiger partial charge in [-0.3, -0.25) is 4.98 Å². The van der Waals surface area contributed by atoms with Gasteiger partial charge in [-0.05, 0) is 46.8 Å². The molecule has 5 aromatic carbocycles. The summed E-state index contributed by atoms with van der Waals surface area (Å²) in [4.78, 5) is 13.2. The van der Waals surface area contributed by atoms with Crippen molar-refractivity contribution in [2.24, 2.45) is 0 Å². The van der Waals surface area contributed by atoms with Gasteiger partial charge < -0.3 is 4.57 Å². The zero-order valence-corrected chi connectivity index (χ0v) is 22.3. The normalized spacial score (nSPS) is 11.6. The van der Waals surface area contributed by atoms with Crippen LogP contribution in [0.1, 0.15) is 0 Å². The predicted octanol–water partition coefficient (Wildman–Crippen LogP) is 7.79. The van der Waals surface area contributed by atoms with Crippen LogP contribution in [0.25, 0.3) is 48.7 Å². The second-order valence-corrected chi connectivity index (χ2v) is 12.5. The van der Waals surface area contributed by atoms with E-state index in [9.17, 15) is 4.57 Å². The number of aromatic nitrogens is 2. The fourth-order valence-electron chi connectivity index (χ4n) is 5.41. The standard InChI is InChI=1S/C35H22N3OP/c1-36-27-16-19-33-25(22-27)21-26-23-32(31-13-8-20-37-35(31)34(26)38-33)24-14-17-30(18-15-24)40(39,28-9-4-2-5-10-28)29-11-6-3-7-12-29/h2-23H. The summed E-state index contributed by atoms with van der Waals surface area (Å²) < 4.78 is 14.8. The first-order valence-corrected chi connectivity index (χ1v) is 14.7. The third-order valence-electron chi connectivity index (χ3n) is 7.36. The first-order valence-electron chi connectivity index (χ1n) is 13.0. The first-order chi connectivity index (χ1) is 19.6. The maximum atomic E-state index is 14.8. The zero-order valence-electron chi connectivity index (χ0n) is 21.4. The fraction of sp³-hybridized carbons (Fsp3) is 0. The maximum absolute atomic E-state index is 14.8. The van der Waals surface area contributed by atoms with E-state index in [-0.39, 0.29) is 0 Å². The molecule has 0 aliphatic rings. The van der Waals surface area contributed by atoms with Gasteiger partial charge in [-0.1, -0.05) is 97.1 Å². The average Bonchev–Trinajstić information content (AvgIpc) is 3.03. The van der Waals surface area contributed by atoms with E-state index >= 15 is 0 Å². The Kier molecular flexibility index (Phi) is 5.74. The van der Waals surface area contributed by atoms with Crippen LogP contribution in [-0.2, 0) is 4.57 Å². The van der Waals surface area contributed by atoms with E-state index in [0.29, 0.717) is 5.69 Å². The summed E-state index contributed by atoms with van der Waals surface area (Å²) in [5.74, 6) is 0. The van der Waals surface area contributed by atoms with Crippen LogP contribution in [0.4, 0.5) is 5.69 Å². The molecule has 0 fully saturated rings. The molecular weight excluding hydrogens is 509 g/mol. The smallest absolute Gasteiger partial charge is 0.187 e. The molecule has 0 N–H and O–H groups in total. The van der Waals surface area contributed by atoms with Crippen LogP contribution in [0.2, 0.25) is 0 Å². The summed E-state index contributed by atoms with van der Waals surface area (Å²) in [6.45, 7) is 7.38. The molecule has 4 nitrogen and oxygen atoms in total. The Balaban J connectivity index is 1.42. The van der Waals surface area contributed by atoms with E-state index in [1.54, 1.807) is 12.3 Å². The lowest BCUT2D eigenvalue weighted by atomic mass is 9.97. The van der Waals surface area contributed by atoms with Gasteiger partial charge in [-0.15, -0.1) is 0 Å². The summed E-state index contributed by atoms with van der Waals surface area (Å²) >= 11 is 0. The number of pyridine rings is 2. The molecule has 188 valence electrons. The highest BCUT2D eigenvalue weighted by atomic mass is 31.2. The molecule has 5 heteroatoms. The number of hydrogen-bond donors (Lipinski definition) is 0. The molecule has 0 bridgehead atoms. The molecule has 2 heterocycles. The minimum Gasteiger partial charge on any atom is -0.309 e. The molecule has 0 saturated carbocycles. The molecule has 0 atom stereocenters. The lowest BCUT2D eigenvalue weighted by Gasteiger charge is -2.20. The van der Waals surface area contributed by atoms with Crippen molar-refractivity contribution in [3.05, 3.63) is 145 Å². The van der Waals surface area contributed by atoms with Crippen molar-refractivity contribution >= 4 is 61.5 Å². The van der Waals surface area contributed by atoms with Crippen LogP contribution >= 0.6 is 7.14 Å². The van der Waals surface area contributed by atoms with Crippen LogP contribution in [0.3, 0.4) is 0 Å². The number of fused-ring (bicyclic) bond motifs is 4. The van der Waals surface area contributed by atoms with Crippen LogP contribution in [0, 0.1) is 6.57 Å². The molecule has 2 aromatic heterocycles. The Morgan fingerprint density at radius 1 is 0.625 bits per heavy atom. The Labute approximate surface area is 231 Å². The molecule has 0 unspecified atom stereocenters. The SMILES string of the molecule is [C-]#[N+]c1ccc2nc3c(cc(-c4ccc(P(=O)(c5ccccc5)c5ccccc5)cc4)c4cccnc43)cc2c1. The Morgan fingerprint density at radius 3 is 1.98 bits per heavy atom. The van der Waals surface area contributed by atoms with Crippen LogP contribution in [0.15, 0.2) is 134 Å². The Bertz CT molecular complexity index is 2090. The van der Waals surface area contributed by atoms with E-state index in [0.717, 1.165) is 59.7 Å². The minimum atomic E-state index is -3.06. The predicted molar refractivity (Wildman–Crippen MR) is 166 cm³/mol. The highest BCUT2D eigenvalue weighted by Gasteiger charge is 2.29. The largest absolute Gasteiger partial charge is 0.309 e. The summed E-state index contributed by atoms with van der Waals surface area (Å²) in [5, 5.41) is 5.29. The minimum absolute atomic E-state index is 0.588. The van der Waals surface area contributed by atoms with Gasteiger partial charge in [-0.2, -0.15) is 0 Å². The van der Waals surface area contributed by atoms with Gasteiger partial charge in [0.1, 0.15) is 0 Å². The van der Waals surface area contributed by atoms with E-state index < -0.39 is 7.14 Å². The molecule has 0 aliphatic carbocycles. The second kappa shape index (κ2) is 9.58. The third-order valence-corrected chi connectivity index (χ3v) is 10.4. The third kappa shape index (κ3) is 3.88. The number of rotatable bonds is 4. The molecule has 0 spiro atoms. The van der Waals surface area contributed by atoms with Gasteiger partial charge in [-0.25, -0.2) is 9.83 Å². The summed E-state index contributed by atoms with van der Waals surface area (Å²) in [5.41, 5.74) is 5.11. The van der Waals surface area contributed by atoms with E-state index in [1.165, 1.54) is 0 Å². The highest BCUT2D eigenvalue weighted by Crippen LogP contribution is 2.43. The van der Waals surface area contributed by atoms with Crippen LogP contribution in [0.5, 0.6) is 0 Å². The quantitative estimate of drug-likeness (QED) is 0.101. The van der Waals surface area contributed by atoms with Crippen molar-refractivity contribution in [1.82, 2.24) is 9.97 Å². The Hall–Kier alpha value is -5.10. The molecule has 7 rings (SSSR count). The summed E-state index contributed by atoms with van der Waals surface area (Å²) in [7, 11) is -3.06. The Morgan fingerprint density at radius 2 is 1.30 bits per heavy atom. The molecule has 0 amide bonds. The van der Waals surface area contributed by atoms with Crippen molar-refractivity contribution in [2.75, 3.05) is 0 Å². The molecule has 40 heavy (non-hydrogen) atoms. The number of benzene rings is 5. The first kappa shape index (κ1) is 24.0. The zero-order chi connectivity index (χ0) is 27.1. The van der Waals surface area contributed by atoms with E-state index in [2.05, 4.69) is 23.0 Å². The van der Waals surface area contributed by atoms with Crippen molar-refractivity contribution in [3.63, 3.8) is 0 Å². The van der Waals surface area contributed by atoms with Gasteiger partial charge in [0, 0.05) is 32.9 Å². The average molecular weight is 532 g/mol. The van der Waals surface area contributed by atoms with Gasteiger partial charge in [0.05, 0.1) is 23.1 Å². The highest BCUT2D eigenvalue weighted by molar-refractivity contribution is 7.85. The van der Waals surface area contributed by atoms with Gasteiger partial charge in [0.25, 0.3) is 0 Å². The lowest BCUT2D eigenvalue weighted by molar-refractivity contribution is 0.592. The van der Waals surface area contributed by atoms with E-state index in [4.69, 9.17) is 16.5 Å². The van der Waals surface area contributed by atoms with Crippen LogP contribution < -0.4 is 15.9 Å². The molecule has 0 saturated heterocycles. The topological polar surface area (TPSA) is 47.2 Å². The van der Waals surface area contributed by atoms with Gasteiger partial charge >= 0.3 is 0 Å².